The molecule has 0 N–H and O–H groups in total. The zero-order valence-corrected chi connectivity index (χ0v) is 18.2. The van der Waals surface area contributed by atoms with Crippen LogP contribution in [0.15, 0.2) is 48.5 Å². The van der Waals surface area contributed by atoms with E-state index in [1.54, 1.807) is 0 Å². The molecule has 0 bridgehead atoms. The Morgan fingerprint density at radius 2 is 1.65 bits per heavy atom. The van der Waals surface area contributed by atoms with E-state index in [0.717, 1.165) is 63.5 Å². The van der Waals surface area contributed by atoms with E-state index in [0.29, 0.717) is 18.4 Å². The standard InChI is InChI=1S/C26H32N2O3/c29-26-6-3-13-28(26)18-22-11-14-27(15-12-22)17-21-9-7-20(8-10-21)16-23-19-30-24-4-1-2-5-25(24)31-23/h1-2,4-5,7-10,22-23H,3,6,11-19H2. The summed E-state index contributed by atoms with van der Waals surface area (Å²) in [6.07, 6.45) is 5.10. The fraction of sp³-hybridized carbons (Fsp3) is 0.500. The number of carbonyl (C=O) groups is 1. The van der Waals surface area contributed by atoms with Gasteiger partial charge in [-0.1, -0.05) is 36.4 Å². The number of fused-ring (bicyclic) bond motifs is 1. The number of piperidine rings is 1. The predicted molar refractivity (Wildman–Crippen MR) is 120 cm³/mol. The minimum atomic E-state index is 0.0577. The molecule has 1 amide bonds. The Morgan fingerprint density at radius 1 is 0.903 bits per heavy atom. The number of nitrogens with zero attached hydrogens (tertiary/aromatic N) is 2. The Kier molecular flexibility index (Phi) is 6.12. The minimum Gasteiger partial charge on any atom is -0.486 e. The predicted octanol–water partition coefficient (Wildman–Crippen LogP) is 3.90. The van der Waals surface area contributed by atoms with Crippen LogP contribution in [-0.2, 0) is 17.8 Å². The number of hydrogen-bond acceptors (Lipinski definition) is 4. The van der Waals surface area contributed by atoms with Gasteiger partial charge >= 0.3 is 0 Å². The third-order valence-corrected chi connectivity index (χ3v) is 6.82. The summed E-state index contributed by atoms with van der Waals surface area (Å²) in [5, 5.41) is 0. The van der Waals surface area contributed by atoms with Crippen LogP contribution in [0.3, 0.4) is 0 Å². The largest absolute Gasteiger partial charge is 0.486 e. The van der Waals surface area contributed by atoms with Crippen molar-refractivity contribution in [1.82, 2.24) is 9.80 Å². The van der Waals surface area contributed by atoms with E-state index in [4.69, 9.17) is 9.47 Å². The molecule has 3 aliphatic rings. The van der Waals surface area contributed by atoms with Crippen molar-refractivity contribution in [3.8, 4) is 11.5 Å². The van der Waals surface area contributed by atoms with Crippen molar-refractivity contribution in [2.45, 2.75) is 44.8 Å². The number of carbonyl (C=O) groups excluding carboxylic acids is 1. The number of para-hydroxylation sites is 2. The number of amides is 1. The number of hydrogen-bond donors (Lipinski definition) is 0. The number of ether oxygens (including phenoxy) is 2. The average Bonchev–Trinajstić information content (AvgIpc) is 3.20. The molecule has 5 rings (SSSR count). The third-order valence-electron chi connectivity index (χ3n) is 6.82. The van der Waals surface area contributed by atoms with Crippen LogP contribution in [0.2, 0.25) is 0 Å². The smallest absolute Gasteiger partial charge is 0.222 e. The van der Waals surface area contributed by atoms with Crippen molar-refractivity contribution in [1.29, 1.82) is 0 Å². The summed E-state index contributed by atoms with van der Waals surface area (Å²) < 4.78 is 11.9. The SMILES string of the molecule is O=C1CCCN1CC1CCN(Cc2ccc(CC3COc4ccccc4O3)cc2)CC1. The van der Waals surface area contributed by atoms with Crippen LogP contribution in [0.1, 0.15) is 36.8 Å². The summed E-state index contributed by atoms with van der Waals surface area (Å²) in [5.74, 6) is 2.71. The van der Waals surface area contributed by atoms with Crippen molar-refractivity contribution >= 4 is 5.91 Å². The van der Waals surface area contributed by atoms with Gasteiger partial charge in [0.15, 0.2) is 11.5 Å². The van der Waals surface area contributed by atoms with Crippen molar-refractivity contribution in [3.05, 3.63) is 59.7 Å². The summed E-state index contributed by atoms with van der Waals surface area (Å²) in [7, 11) is 0. The van der Waals surface area contributed by atoms with Gasteiger partial charge in [0.1, 0.15) is 12.7 Å². The Hall–Kier alpha value is -2.53. The van der Waals surface area contributed by atoms with Gasteiger partial charge in [-0.3, -0.25) is 9.69 Å². The molecule has 2 saturated heterocycles. The highest BCUT2D eigenvalue weighted by atomic mass is 16.6. The second-order valence-corrected chi connectivity index (χ2v) is 9.18. The minimum absolute atomic E-state index is 0.0577. The van der Waals surface area contributed by atoms with Gasteiger partial charge in [0.05, 0.1) is 0 Å². The normalized spacial score (nSPS) is 22.1. The van der Waals surface area contributed by atoms with Crippen molar-refractivity contribution in [2.75, 3.05) is 32.8 Å². The Morgan fingerprint density at radius 3 is 2.39 bits per heavy atom. The molecule has 2 aromatic rings. The van der Waals surface area contributed by atoms with E-state index < -0.39 is 0 Å². The molecule has 164 valence electrons. The summed E-state index contributed by atoms with van der Waals surface area (Å²) in [6, 6.07) is 16.8. The van der Waals surface area contributed by atoms with Gasteiger partial charge in [0.25, 0.3) is 0 Å². The molecule has 31 heavy (non-hydrogen) atoms. The van der Waals surface area contributed by atoms with Crippen molar-refractivity contribution < 1.29 is 14.3 Å². The molecule has 0 aliphatic carbocycles. The molecule has 3 aliphatic heterocycles. The average molecular weight is 421 g/mol. The second kappa shape index (κ2) is 9.31. The van der Waals surface area contributed by atoms with Crippen molar-refractivity contribution in [3.63, 3.8) is 0 Å². The van der Waals surface area contributed by atoms with E-state index in [9.17, 15) is 4.79 Å². The van der Waals surface area contributed by atoms with Crippen LogP contribution < -0.4 is 9.47 Å². The number of benzene rings is 2. The zero-order chi connectivity index (χ0) is 21.0. The van der Waals surface area contributed by atoms with Crippen molar-refractivity contribution in [2.24, 2.45) is 5.92 Å². The quantitative estimate of drug-likeness (QED) is 0.711. The molecular weight excluding hydrogens is 388 g/mol. The lowest BCUT2D eigenvalue weighted by Gasteiger charge is -2.34. The number of likely N-dealkylation sites (tertiary alicyclic amines) is 2. The molecule has 0 spiro atoms. The van der Waals surface area contributed by atoms with E-state index in [1.165, 1.54) is 24.0 Å². The lowest BCUT2D eigenvalue weighted by molar-refractivity contribution is -0.128. The maximum atomic E-state index is 11.9. The lowest BCUT2D eigenvalue weighted by Crippen LogP contribution is -2.38. The molecule has 1 atom stereocenters. The summed E-state index contributed by atoms with van der Waals surface area (Å²) in [6.45, 7) is 5.79. The number of rotatable bonds is 6. The molecule has 1 unspecified atom stereocenters. The summed E-state index contributed by atoms with van der Waals surface area (Å²) >= 11 is 0. The molecule has 0 saturated carbocycles. The fourth-order valence-electron chi connectivity index (χ4n) is 5.00. The van der Waals surface area contributed by atoms with Gasteiger partial charge in [-0.2, -0.15) is 0 Å². The highest BCUT2D eigenvalue weighted by molar-refractivity contribution is 5.78. The molecule has 2 aromatic carbocycles. The first kappa shape index (κ1) is 20.4. The highest BCUT2D eigenvalue weighted by Crippen LogP contribution is 2.31. The van der Waals surface area contributed by atoms with Crippen LogP contribution in [0, 0.1) is 5.92 Å². The maximum Gasteiger partial charge on any atom is 0.222 e. The monoisotopic (exact) mass is 420 g/mol. The molecule has 2 fully saturated rings. The molecule has 5 nitrogen and oxygen atoms in total. The lowest BCUT2D eigenvalue weighted by atomic mass is 9.95. The fourth-order valence-corrected chi connectivity index (χ4v) is 5.00. The van der Waals surface area contributed by atoms with Gasteiger partial charge < -0.3 is 14.4 Å². The Bertz CT molecular complexity index is 890. The first-order chi connectivity index (χ1) is 15.2. The van der Waals surface area contributed by atoms with Gasteiger partial charge in [0, 0.05) is 32.5 Å². The maximum absolute atomic E-state index is 11.9. The van der Waals surface area contributed by atoms with Crippen LogP contribution in [0.4, 0.5) is 0 Å². The zero-order valence-electron chi connectivity index (χ0n) is 18.2. The second-order valence-electron chi connectivity index (χ2n) is 9.18. The first-order valence-electron chi connectivity index (χ1n) is 11.7. The van der Waals surface area contributed by atoms with Gasteiger partial charge in [-0.05, 0) is 61.5 Å². The van der Waals surface area contributed by atoms with Crippen LogP contribution >= 0.6 is 0 Å². The van der Waals surface area contributed by atoms with E-state index >= 15 is 0 Å². The molecule has 0 radical (unpaired) electrons. The molecule has 0 aromatic heterocycles. The van der Waals surface area contributed by atoms with Gasteiger partial charge in [0.2, 0.25) is 5.91 Å². The molecule has 5 heteroatoms. The molecule has 3 heterocycles. The third kappa shape index (κ3) is 5.04. The molecular formula is C26H32N2O3. The highest BCUT2D eigenvalue weighted by Gasteiger charge is 2.26. The van der Waals surface area contributed by atoms with Gasteiger partial charge in [-0.15, -0.1) is 0 Å². The first-order valence-corrected chi connectivity index (χ1v) is 11.7. The Balaban J connectivity index is 1.08. The van der Waals surface area contributed by atoms with E-state index in [2.05, 4.69) is 34.1 Å². The van der Waals surface area contributed by atoms with E-state index in [-0.39, 0.29) is 6.10 Å². The van der Waals surface area contributed by atoms with Crippen LogP contribution in [0.25, 0.3) is 0 Å². The van der Waals surface area contributed by atoms with Crippen LogP contribution in [0.5, 0.6) is 11.5 Å². The topological polar surface area (TPSA) is 42.0 Å². The van der Waals surface area contributed by atoms with Crippen LogP contribution in [-0.4, -0.2) is 54.6 Å². The summed E-state index contributed by atoms with van der Waals surface area (Å²) in [5.41, 5.74) is 2.65. The summed E-state index contributed by atoms with van der Waals surface area (Å²) in [4.78, 5) is 16.5. The van der Waals surface area contributed by atoms with E-state index in [1.807, 2.05) is 24.3 Å². The van der Waals surface area contributed by atoms with Gasteiger partial charge in [-0.25, -0.2) is 0 Å². The Labute approximate surface area is 184 Å².